The Hall–Kier alpha value is -1.35. The summed E-state index contributed by atoms with van der Waals surface area (Å²) in [4.78, 5) is 0.205. The van der Waals surface area contributed by atoms with Crippen molar-refractivity contribution < 1.29 is 13.5 Å². The maximum absolute atomic E-state index is 12.0. The van der Waals surface area contributed by atoms with Gasteiger partial charge in [0.1, 0.15) is 6.04 Å². The fourth-order valence-corrected chi connectivity index (χ4v) is 2.89. The molecule has 0 saturated carbocycles. The lowest BCUT2D eigenvalue weighted by Gasteiger charge is -2.13. The van der Waals surface area contributed by atoms with Gasteiger partial charge in [-0.15, -0.1) is 6.42 Å². The first-order chi connectivity index (χ1) is 8.05. The van der Waals surface area contributed by atoms with Gasteiger partial charge in [0.15, 0.2) is 0 Å². The number of aliphatic hydroxyl groups is 1. The molecule has 1 atom stereocenters. The second-order valence-corrected chi connectivity index (χ2v) is 5.17. The van der Waals surface area contributed by atoms with Crippen molar-refractivity contribution in [3.63, 3.8) is 0 Å². The Morgan fingerprint density at radius 3 is 2.65 bits per heavy atom. The highest BCUT2D eigenvalue weighted by atomic mass is 32.2. The first-order valence-corrected chi connectivity index (χ1v) is 6.70. The molecule has 0 fully saturated rings. The molecule has 1 aromatic carbocycles. The highest BCUT2D eigenvalue weighted by molar-refractivity contribution is 7.89. The van der Waals surface area contributed by atoms with Crippen LogP contribution in [0.3, 0.4) is 0 Å². The molecule has 0 bridgehead atoms. The van der Waals surface area contributed by atoms with Gasteiger partial charge in [0.25, 0.3) is 0 Å². The van der Waals surface area contributed by atoms with E-state index < -0.39 is 22.7 Å². The van der Waals surface area contributed by atoms with Crippen LogP contribution in [0.15, 0.2) is 29.2 Å². The standard InChI is InChI=1S/C12H15NO3S/c1-3-10-7-5-6-8-12(10)17(15,16)13-11(4-2)9-14/h2,5-8,11,13-14H,3,9H2,1H3/t11-/m1/s1. The number of terminal acetylenes is 1. The first-order valence-electron chi connectivity index (χ1n) is 5.22. The summed E-state index contributed by atoms with van der Waals surface area (Å²) in [5.74, 6) is 2.17. The molecule has 92 valence electrons. The number of hydrogen-bond acceptors (Lipinski definition) is 3. The van der Waals surface area contributed by atoms with Crippen LogP contribution in [0, 0.1) is 12.3 Å². The van der Waals surface area contributed by atoms with Gasteiger partial charge < -0.3 is 5.11 Å². The summed E-state index contributed by atoms with van der Waals surface area (Å²) < 4.78 is 26.3. The molecule has 0 spiro atoms. The maximum atomic E-state index is 12.0. The van der Waals surface area contributed by atoms with Crippen LogP contribution < -0.4 is 4.72 Å². The lowest BCUT2D eigenvalue weighted by Crippen LogP contribution is -2.36. The molecule has 1 aromatic rings. The number of rotatable bonds is 5. The van der Waals surface area contributed by atoms with Gasteiger partial charge in [0.05, 0.1) is 11.5 Å². The monoisotopic (exact) mass is 253 g/mol. The first kappa shape index (κ1) is 13.7. The van der Waals surface area contributed by atoms with Crippen molar-refractivity contribution in [1.82, 2.24) is 4.72 Å². The molecular weight excluding hydrogens is 238 g/mol. The third-order valence-electron chi connectivity index (χ3n) is 2.32. The highest BCUT2D eigenvalue weighted by Crippen LogP contribution is 2.15. The number of hydrogen-bond donors (Lipinski definition) is 2. The zero-order valence-corrected chi connectivity index (χ0v) is 10.4. The van der Waals surface area contributed by atoms with Crippen molar-refractivity contribution in [2.24, 2.45) is 0 Å². The van der Waals surface area contributed by atoms with E-state index in [0.29, 0.717) is 12.0 Å². The Labute approximate surface area is 102 Å². The summed E-state index contributed by atoms with van der Waals surface area (Å²) in [6.45, 7) is 1.45. The summed E-state index contributed by atoms with van der Waals surface area (Å²) in [6.07, 6.45) is 5.71. The zero-order valence-electron chi connectivity index (χ0n) is 9.55. The summed E-state index contributed by atoms with van der Waals surface area (Å²) in [5.41, 5.74) is 0.716. The van der Waals surface area contributed by atoms with Gasteiger partial charge >= 0.3 is 0 Å². The summed E-state index contributed by atoms with van der Waals surface area (Å²) in [6, 6.07) is 5.80. The highest BCUT2D eigenvalue weighted by Gasteiger charge is 2.20. The van der Waals surface area contributed by atoms with Crippen LogP contribution in [0.2, 0.25) is 0 Å². The molecule has 0 heterocycles. The van der Waals surface area contributed by atoms with Gasteiger partial charge in [-0.3, -0.25) is 0 Å². The van der Waals surface area contributed by atoms with Crippen LogP contribution in [-0.2, 0) is 16.4 Å². The quantitative estimate of drug-likeness (QED) is 0.752. The molecular formula is C12H15NO3S. The van der Waals surface area contributed by atoms with Crippen LogP contribution in [0.4, 0.5) is 0 Å². The second-order valence-electron chi connectivity index (χ2n) is 3.48. The molecule has 17 heavy (non-hydrogen) atoms. The van der Waals surface area contributed by atoms with Gasteiger partial charge in [-0.1, -0.05) is 31.0 Å². The van der Waals surface area contributed by atoms with Gasteiger partial charge in [-0.05, 0) is 18.1 Å². The molecule has 0 aliphatic heterocycles. The largest absolute Gasteiger partial charge is 0.394 e. The van der Waals surface area contributed by atoms with Gasteiger partial charge in [0.2, 0.25) is 10.0 Å². The average molecular weight is 253 g/mol. The van der Waals surface area contributed by atoms with Gasteiger partial charge in [0, 0.05) is 0 Å². The van der Waals surface area contributed by atoms with Crippen LogP contribution in [0.1, 0.15) is 12.5 Å². The Balaban J connectivity index is 3.10. The van der Waals surface area contributed by atoms with Crippen molar-refractivity contribution in [1.29, 1.82) is 0 Å². The topological polar surface area (TPSA) is 66.4 Å². The van der Waals surface area contributed by atoms with E-state index in [-0.39, 0.29) is 4.90 Å². The van der Waals surface area contributed by atoms with Crippen LogP contribution >= 0.6 is 0 Å². The Morgan fingerprint density at radius 2 is 2.12 bits per heavy atom. The SMILES string of the molecule is C#C[C@H](CO)NS(=O)(=O)c1ccccc1CC. The summed E-state index contributed by atoms with van der Waals surface area (Å²) in [5, 5.41) is 8.89. The molecule has 5 heteroatoms. The summed E-state index contributed by atoms with van der Waals surface area (Å²) >= 11 is 0. The summed E-state index contributed by atoms with van der Waals surface area (Å²) in [7, 11) is -3.68. The number of aryl methyl sites for hydroxylation is 1. The normalized spacial score (nSPS) is 13.0. The Kier molecular flexibility index (Phi) is 4.70. The van der Waals surface area contributed by atoms with Crippen molar-refractivity contribution in [3.05, 3.63) is 29.8 Å². The van der Waals surface area contributed by atoms with Crippen LogP contribution in [0.5, 0.6) is 0 Å². The minimum atomic E-state index is -3.68. The average Bonchev–Trinajstić information content (AvgIpc) is 2.35. The van der Waals surface area contributed by atoms with Crippen molar-refractivity contribution in [3.8, 4) is 12.3 Å². The van der Waals surface area contributed by atoms with Crippen molar-refractivity contribution >= 4 is 10.0 Å². The molecule has 0 aromatic heterocycles. The minimum Gasteiger partial charge on any atom is -0.394 e. The fraction of sp³-hybridized carbons (Fsp3) is 0.333. The molecule has 0 amide bonds. The fourth-order valence-electron chi connectivity index (χ4n) is 1.43. The predicted molar refractivity (Wildman–Crippen MR) is 65.8 cm³/mol. The predicted octanol–water partition coefficient (Wildman–Crippen LogP) is 0.521. The molecule has 0 aliphatic rings. The lowest BCUT2D eigenvalue weighted by molar-refractivity contribution is 0.280. The molecule has 1 rings (SSSR count). The Morgan fingerprint density at radius 1 is 1.47 bits per heavy atom. The smallest absolute Gasteiger partial charge is 0.242 e. The molecule has 0 radical (unpaired) electrons. The molecule has 4 nitrogen and oxygen atoms in total. The van der Waals surface area contributed by atoms with Crippen LogP contribution in [-0.4, -0.2) is 26.2 Å². The third kappa shape index (κ3) is 3.30. The minimum absolute atomic E-state index is 0.205. The Bertz CT molecular complexity index is 517. The number of sulfonamides is 1. The lowest BCUT2D eigenvalue weighted by atomic mass is 10.2. The van der Waals surface area contributed by atoms with Crippen LogP contribution in [0.25, 0.3) is 0 Å². The number of nitrogens with one attached hydrogen (secondary N) is 1. The van der Waals surface area contributed by atoms with E-state index in [4.69, 9.17) is 11.5 Å². The van der Waals surface area contributed by atoms with E-state index in [1.807, 2.05) is 6.92 Å². The van der Waals surface area contributed by atoms with E-state index in [2.05, 4.69) is 10.6 Å². The van der Waals surface area contributed by atoms with E-state index in [0.717, 1.165) is 0 Å². The van der Waals surface area contributed by atoms with Crippen molar-refractivity contribution in [2.75, 3.05) is 6.61 Å². The number of benzene rings is 1. The van der Waals surface area contributed by atoms with E-state index in [1.165, 1.54) is 6.07 Å². The molecule has 0 saturated heterocycles. The molecule has 0 aliphatic carbocycles. The number of aliphatic hydroxyl groups excluding tert-OH is 1. The van der Waals surface area contributed by atoms with Gasteiger partial charge in [-0.25, -0.2) is 8.42 Å². The third-order valence-corrected chi connectivity index (χ3v) is 3.90. The second kappa shape index (κ2) is 5.82. The molecule has 0 unspecified atom stereocenters. The van der Waals surface area contributed by atoms with Crippen molar-refractivity contribution in [2.45, 2.75) is 24.3 Å². The van der Waals surface area contributed by atoms with E-state index in [9.17, 15) is 8.42 Å². The van der Waals surface area contributed by atoms with E-state index >= 15 is 0 Å². The maximum Gasteiger partial charge on any atom is 0.242 e. The zero-order chi connectivity index (χ0) is 12.9. The van der Waals surface area contributed by atoms with E-state index in [1.54, 1.807) is 18.2 Å². The van der Waals surface area contributed by atoms with Gasteiger partial charge in [-0.2, -0.15) is 4.72 Å². The molecule has 2 N–H and O–H groups in total.